The molecular weight excluding hydrogens is 252 g/mol. The fourth-order valence-electron chi connectivity index (χ4n) is 1.16. The average Bonchev–Trinajstić information content (AvgIpc) is 2.13. The lowest BCUT2D eigenvalue weighted by molar-refractivity contribution is 0.482. The lowest BCUT2D eigenvalue weighted by atomic mass is 9.97. The highest BCUT2D eigenvalue weighted by atomic mass is 79.9. The maximum atomic E-state index is 13.1. The molecule has 2 N–H and O–H groups in total. The number of hydrogen-bond acceptors (Lipinski definition) is 1. The van der Waals surface area contributed by atoms with Crippen molar-refractivity contribution in [3.63, 3.8) is 0 Å². The molecule has 1 unspecified atom stereocenters. The van der Waals surface area contributed by atoms with Crippen LogP contribution in [0, 0.1) is 17.6 Å². The van der Waals surface area contributed by atoms with E-state index in [0.717, 1.165) is 6.07 Å². The first kappa shape index (κ1) is 11.6. The molecule has 0 saturated carbocycles. The van der Waals surface area contributed by atoms with Gasteiger partial charge in [0.1, 0.15) is 0 Å². The van der Waals surface area contributed by atoms with Crippen LogP contribution in [0.15, 0.2) is 16.6 Å². The summed E-state index contributed by atoms with van der Waals surface area (Å²) in [5.74, 6) is -1.56. The topological polar surface area (TPSA) is 26.0 Å². The van der Waals surface area contributed by atoms with Crippen LogP contribution < -0.4 is 5.73 Å². The lowest BCUT2D eigenvalue weighted by Gasteiger charge is -2.17. The second-order valence-corrected chi connectivity index (χ2v) is 4.33. The van der Waals surface area contributed by atoms with E-state index in [1.807, 2.05) is 13.8 Å². The van der Waals surface area contributed by atoms with Crippen molar-refractivity contribution in [1.29, 1.82) is 0 Å². The summed E-state index contributed by atoms with van der Waals surface area (Å²) in [4.78, 5) is 0. The third kappa shape index (κ3) is 2.12. The van der Waals surface area contributed by atoms with E-state index in [1.165, 1.54) is 6.07 Å². The molecule has 0 aliphatic carbocycles. The Morgan fingerprint density at radius 3 is 2.36 bits per heavy atom. The fourth-order valence-corrected chi connectivity index (χ4v) is 1.74. The summed E-state index contributed by atoms with van der Waals surface area (Å²) in [6.45, 7) is 3.86. The number of rotatable bonds is 2. The van der Waals surface area contributed by atoms with Gasteiger partial charge in [-0.15, -0.1) is 0 Å². The molecule has 0 heterocycles. The molecular formula is C10H12BrF2N. The minimum atomic E-state index is -0.876. The highest BCUT2D eigenvalue weighted by Crippen LogP contribution is 2.29. The predicted octanol–water partition coefficient (Wildman–Crippen LogP) is 3.38. The van der Waals surface area contributed by atoms with Gasteiger partial charge < -0.3 is 5.73 Å². The molecule has 1 rings (SSSR count). The largest absolute Gasteiger partial charge is 0.324 e. The molecule has 0 spiro atoms. The zero-order valence-electron chi connectivity index (χ0n) is 8.02. The third-order valence-electron chi connectivity index (χ3n) is 2.14. The molecule has 0 aliphatic heterocycles. The van der Waals surface area contributed by atoms with E-state index in [1.54, 1.807) is 0 Å². The van der Waals surface area contributed by atoms with E-state index in [2.05, 4.69) is 15.9 Å². The van der Waals surface area contributed by atoms with Crippen LogP contribution in [0.1, 0.15) is 25.5 Å². The van der Waals surface area contributed by atoms with Crippen molar-refractivity contribution in [3.05, 3.63) is 33.8 Å². The van der Waals surface area contributed by atoms with Crippen molar-refractivity contribution in [1.82, 2.24) is 0 Å². The highest BCUT2D eigenvalue weighted by Gasteiger charge is 2.18. The molecule has 1 aromatic carbocycles. The summed E-state index contributed by atoms with van der Waals surface area (Å²) in [5, 5.41) is 0. The van der Waals surface area contributed by atoms with E-state index in [-0.39, 0.29) is 16.4 Å². The molecule has 14 heavy (non-hydrogen) atoms. The number of hydrogen-bond donors (Lipinski definition) is 1. The van der Waals surface area contributed by atoms with Crippen LogP contribution >= 0.6 is 15.9 Å². The van der Waals surface area contributed by atoms with Gasteiger partial charge in [-0.1, -0.05) is 19.9 Å². The van der Waals surface area contributed by atoms with Gasteiger partial charge in [-0.05, 0) is 33.5 Å². The van der Waals surface area contributed by atoms with Crippen LogP contribution in [0.3, 0.4) is 0 Å². The third-order valence-corrected chi connectivity index (χ3v) is 2.95. The molecule has 1 atom stereocenters. The minimum Gasteiger partial charge on any atom is -0.324 e. The lowest BCUT2D eigenvalue weighted by Crippen LogP contribution is -2.17. The summed E-state index contributed by atoms with van der Waals surface area (Å²) >= 11 is 3.00. The van der Waals surface area contributed by atoms with Crippen molar-refractivity contribution < 1.29 is 8.78 Å². The summed E-state index contributed by atoms with van der Waals surface area (Å²) in [5.41, 5.74) is 6.43. The molecule has 1 aromatic rings. The molecule has 4 heteroatoms. The second-order valence-electron chi connectivity index (χ2n) is 3.53. The van der Waals surface area contributed by atoms with Gasteiger partial charge in [0.15, 0.2) is 11.6 Å². The molecule has 0 radical (unpaired) electrons. The summed E-state index contributed by atoms with van der Waals surface area (Å²) < 4.78 is 26.0. The van der Waals surface area contributed by atoms with Crippen molar-refractivity contribution in [3.8, 4) is 0 Å². The molecule has 0 aliphatic rings. The van der Waals surface area contributed by atoms with Gasteiger partial charge in [-0.25, -0.2) is 8.78 Å². The van der Waals surface area contributed by atoms with Crippen molar-refractivity contribution in [2.75, 3.05) is 0 Å². The van der Waals surface area contributed by atoms with Crippen LogP contribution in [-0.2, 0) is 0 Å². The molecule has 0 fully saturated rings. The average molecular weight is 264 g/mol. The zero-order chi connectivity index (χ0) is 10.9. The second kappa shape index (κ2) is 4.36. The highest BCUT2D eigenvalue weighted by molar-refractivity contribution is 9.10. The summed E-state index contributed by atoms with van der Waals surface area (Å²) in [7, 11) is 0. The smallest absolute Gasteiger partial charge is 0.173 e. The SMILES string of the molecule is CC(C)C(N)c1ccc(F)c(F)c1Br. The zero-order valence-corrected chi connectivity index (χ0v) is 9.61. The van der Waals surface area contributed by atoms with Crippen molar-refractivity contribution in [2.24, 2.45) is 11.7 Å². The van der Waals surface area contributed by atoms with Gasteiger partial charge in [0.2, 0.25) is 0 Å². The first-order chi connectivity index (χ1) is 6.45. The fraction of sp³-hybridized carbons (Fsp3) is 0.400. The summed E-state index contributed by atoms with van der Waals surface area (Å²) in [6, 6.07) is 2.31. The van der Waals surface area contributed by atoms with Crippen LogP contribution in [0.2, 0.25) is 0 Å². The Bertz CT molecular complexity index is 339. The van der Waals surface area contributed by atoms with Crippen molar-refractivity contribution in [2.45, 2.75) is 19.9 Å². The van der Waals surface area contributed by atoms with E-state index >= 15 is 0 Å². The quantitative estimate of drug-likeness (QED) is 0.814. The number of halogens is 3. The van der Waals surface area contributed by atoms with E-state index in [9.17, 15) is 8.78 Å². The normalized spacial score (nSPS) is 13.4. The Balaban J connectivity index is 3.17. The van der Waals surface area contributed by atoms with Crippen molar-refractivity contribution >= 4 is 15.9 Å². The first-order valence-electron chi connectivity index (χ1n) is 4.34. The first-order valence-corrected chi connectivity index (χ1v) is 5.13. The van der Waals surface area contributed by atoms with Gasteiger partial charge in [0.05, 0.1) is 4.47 Å². The van der Waals surface area contributed by atoms with Gasteiger partial charge in [0, 0.05) is 6.04 Å². The molecule has 1 nitrogen and oxygen atoms in total. The van der Waals surface area contributed by atoms with Gasteiger partial charge in [0.25, 0.3) is 0 Å². The van der Waals surface area contributed by atoms with E-state index in [0.29, 0.717) is 5.56 Å². The van der Waals surface area contributed by atoms with Gasteiger partial charge in [-0.3, -0.25) is 0 Å². The molecule has 0 saturated heterocycles. The minimum absolute atomic E-state index is 0.124. The van der Waals surface area contributed by atoms with Crippen LogP contribution in [-0.4, -0.2) is 0 Å². The van der Waals surface area contributed by atoms with E-state index in [4.69, 9.17) is 5.73 Å². The Hall–Kier alpha value is -0.480. The van der Waals surface area contributed by atoms with Crippen LogP contribution in [0.25, 0.3) is 0 Å². The predicted molar refractivity (Wildman–Crippen MR) is 55.8 cm³/mol. The monoisotopic (exact) mass is 263 g/mol. The maximum Gasteiger partial charge on any atom is 0.173 e. The van der Waals surface area contributed by atoms with Gasteiger partial charge in [-0.2, -0.15) is 0 Å². The number of nitrogens with two attached hydrogens (primary N) is 1. The molecule has 0 amide bonds. The van der Waals surface area contributed by atoms with E-state index < -0.39 is 11.6 Å². The maximum absolute atomic E-state index is 13.1. The molecule has 78 valence electrons. The molecule has 0 bridgehead atoms. The molecule has 0 aromatic heterocycles. The Labute approximate surface area is 90.4 Å². The Morgan fingerprint density at radius 2 is 1.86 bits per heavy atom. The Kier molecular flexibility index (Phi) is 3.61. The Morgan fingerprint density at radius 1 is 1.29 bits per heavy atom. The van der Waals surface area contributed by atoms with Crippen LogP contribution in [0.4, 0.5) is 8.78 Å². The van der Waals surface area contributed by atoms with Crippen LogP contribution in [0.5, 0.6) is 0 Å². The standard InChI is InChI=1S/C10H12BrF2N/c1-5(2)10(14)6-3-4-7(12)9(13)8(6)11/h3-5,10H,14H2,1-2H3. The van der Waals surface area contributed by atoms with Gasteiger partial charge >= 0.3 is 0 Å². The summed E-state index contributed by atoms with van der Waals surface area (Å²) in [6.07, 6.45) is 0. The number of benzene rings is 1.